The number of carbonyl (C=O) groups excluding carboxylic acids is 2. The van der Waals surface area contributed by atoms with Gasteiger partial charge in [0.2, 0.25) is 0 Å². The van der Waals surface area contributed by atoms with E-state index >= 15 is 0 Å². The highest BCUT2D eigenvalue weighted by atomic mass is 35.5. The molecule has 0 fully saturated rings. The largest absolute Gasteiger partial charge is 0.417 e. The maximum Gasteiger partial charge on any atom is 0.417 e. The van der Waals surface area contributed by atoms with Crippen LogP contribution in [0.3, 0.4) is 0 Å². The lowest BCUT2D eigenvalue weighted by molar-refractivity contribution is -0.139. The average Bonchev–Trinajstić information content (AvgIpc) is 2.75. The van der Waals surface area contributed by atoms with Gasteiger partial charge in [0.05, 0.1) is 32.1 Å². The number of alkyl halides is 6. The van der Waals surface area contributed by atoms with E-state index in [1.165, 1.54) is 19.1 Å². The molecule has 0 saturated heterocycles. The highest BCUT2D eigenvalue weighted by molar-refractivity contribution is 6.48. The Kier molecular flexibility index (Phi) is 10.3. The van der Waals surface area contributed by atoms with Crippen LogP contribution in [-0.2, 0) is 11.0 Å². The van der Waals surface area contributed by atoms with Crippen molar-refractivity contribution in [1.82, 2.24) is 5.32 Å². The summed E-state index contributed by atoms with van der Waals surface area (Å²) in [5.41, 5.74) is -2.68. The molecule has 0 heterocycles. The van der Waals surface area contributed by atoms with Gasteiger partial charge in [-0.2, -0.15) is 26.3 Å². The van der Waals surface area contributed by atoms with Crippen molar-refractivity contribution in [3.63, 3.8) is 0 Å². The smallest absolute Gasteiger partial charge is 0.349 e. The van der Waals surface area contributed by atoms with Crippen molar-refractivity contribution in [2.24, 2.45) is 0 Å². The molecule has 200 valence electrons. The lowest BCUT2D eigenvalue weighted by Crippen LogP contribution is -2.35. The first-order chi connectivity index (χ1) is 17.0. The molecule has 12 heteroatoms. The zero-order chi connectivity index (χ0) is 28.1. The van der Waals surface area contributed by atoms with Crippen LogP contribution in [-0.4, -0.2) is 23.9 Å². The van der Waals surface area contributed by atoms with Crippen molar-refractivity contribution >= 4 is 52.6 Å². The zero-order valence-corrected chi connectivity index (χ0v) is 21.5. The van der Waals surface area contributed by atoms with Gasteiger partial charge in [-0.15, -0.1) is 0 Å². The SMILES string of the molecule is C/C=C/C(=O)C[C@@H](C)NC(=O)c1ccc(/C=C/C(c2cc(Cl)c(Cl)c(Cl)c2)C(F)(F)F)cc1C(F)(F)F. The van der Waals surface area contributed by atoms with Crippen LogP contribution in [0.5, 0.6) is 0 Å². The van der Waals surface area contributed by atoms with E-state index in [0.29, 0.717) is 12.1 Å². The van der Waals surface area contributed by atoms with E-state index in [-0.39, 0.29) is 38.4 Å². The Labute approximate surface area is 224 Å². The molecule has 2 rings (SSSR count). The second kappa shape index (κ2) is 12.4. The fourth-order valence-electron chi connectivity index (χ4n) is 3.38. The topological polar surface area (TPSA) is 46.2 Å². The number of amides is 1. The minimum Gasteiger partial charge on any atom is -0.349 e. The standard InChI is InChI=1S/C25H20Cl3F6NO2/c1-3-4-16(36)9-13(2)35-23(37)17-7-5-14(10-19(17)25(32,33)34)6-8-18(24(29,30)31)15-11-20(26)22(28)21(27)12-15/h3-8,10-13,18H,9H2,1-2H3,(H,35,37)/b4-3+,8-6+/t13-,18?/m1/s1. The van der Waals surface area contributed by atoms with Crippen LogP contribution >= 0.6 is 34.8 Å². The Morgan fingerprint density at radius 2 is 1.59 bits per heavy atom. The lowest BCUT2D eigenvalue weighted by atomic mass is 9.96. The quantitative estimate of drug-likeness (QED) is 0.191. The van der Waals surface area contributed by atoms with Crippen molar-refractivity contribution in [3.8, 4) is 0 Å². The highest BCUT2D eigenvalue weighted by Gasteiger charge is 2.40. The van der Waals surface area contributed by atoms with E-state index in [1.54, 1.807) is 6.92 Å². The summed E-state index contributed by atoms with van der Waals surface area (Å²) in [7, 11) is 0. The molecule has 1 unspecified atom stereocenters. The van der Waals surface area contributed by atoms with Crippen molar-refractivity contribution in [2.75, 3.05) is 0 Å². The van der Waals surface area contributed by atoms with Crippen LogP contribution in [0.4, 0.5) is 26.3 Å². The molecule has 0 radical (unpaired) electrons. The first-order valence-electron chi connectivity index (χ1n) is 10.6. The van der Waals surface area contributed by atoms with Crippen molar-refractivity contribution in [2.45, 2.75) is 44.6 Å². The predicted octanol–water partition coefficient (Wildman–Crippen LogP) is 8.68. The van der Waals surface area contributed by atoms with Gasteiger partial charge in [-0.1, -0.05) is 59.1 Å². The molecule has 0 spiro atoms. The number of nitrogens with one attached hydrogen (secondary N) is 1. The summed E-state index contributed by atoms with van der Waals surface area (Å²) < 4.78 is 82.4. The van der Waals surface area contributed by atoms with Gasteiger partial charge < -0.3 is 5.32 Å². The molecule has 2 aromatic rings. The van der Waals surface area contributed by atoms with Crippen molar-refractivity contribution in [1.29, 1.82) is 0 Å². The molecule has 0 saturated carbocycles. The van der Waals surface area contributed by atoms with Gasteiger partial charge in [-0.3, -0.25) is 9.59 Å². The average molecular weight is 587 g/mol. The first kappa shape index (κ1) is 30.7. The normalized spacial score (nSPS) is 14.2. The monoisotopic (exact) mass is 585 g/mol. The first-order valence-corrected chi connectivity index (χ1v) is 11.7. The minimum absolute atomic E-state index is 0.129. The Hall–Kier alpha value is -2.49. The third-order valence-corrected chi connectivity index (χ3v) is 6.23. The second-order valence-corrected chi connectivity index (χ2v) is 9.22. The number of hydrogen-bond donors (Lipinski definition) is 1. The number of hydrogen-bond acceptors (Lipinski definition) is 2. The van der Waals surface area contributed by atoms with Crippen molar-refractivity contribution in [3.05, 3.63) is 85.9 Å². The van der Waals surface area contributed by atoms with Gasteiger partial charge in [0.25, 0.3) is 5.91 Å². The number of allylic oxidation sites excluding steroid dienone is 3. The zero-order valence-electron chi connectivity index (χ0n) is 19.3. The molecule has 37 heavy (non-hydrogen) atoms. The summed E-state index contributed by atoms with van der Waals surface area (Å²) >= 11 is 17.5. The summed E-state index contributed by atoms with van der Waals surface area (Å²) in [6, 6.07) is 3.67. The van der Waals surface area contributed by atoms with Crippen LogP contribution in [0.2, 0.25) is 15.1 Å². The third kappa shape index (κ3) is 8.51. The van der Waals surface area contributed by atoms with Gasteiger partial charge in [0.1, 0.15) is 0 Å². The van der Waals surface area contributed by atoms with E-state index < -0.39 is 41.3 Å². The number of halogens is 9. The molecule has 0 aliphatic heterocycles. The highest BCUT2D eigenvalue weighted by Crippen LogP contribution is 2.41. The Morgan fingerprint density at radius 3 is 2.11 bits per heavy atom. The summed E-state index contributed by atoms with van der Waals surface area (Å²) in [5, 5.41) is 1.75. The molecule has 2 atom stereocenters. The molecule has 0 aromatic heterocycles. The molecule has 0 bridgehead atoms. The minimum atomic E-state index is -4.98. The molecular weight excluding hydrogens is 567 g/mol. The fourth-order valence-corrected chi connectivity index (χ4v) is 3.99. The van der Waals surface area contributed by atoms with Crippen LogP contribution in [0.1, 0.15) is 53.2 Å². The Morgan fingerprint density at radius 1 is 1.00 bits per heavy atom. The van der Waals surface area contributed by atoms with Gasteiger partial charge in [-0.05, 0) is 55.3 Å². The van der Waals surface area contributed by atoms with E-state index in [9.17, 15) is 35.9 Å². The van der Waals surface area contributed by atoms with Crippen LogP contribution in [0.25, 0.3) is 6.08 Å². The van der Waals surface area contributed by atoms with Gasteiger partial charge in [0.15, 0.2) is 5.78 Å². The fraction of sp³-hybridized carbons (Fsp3) is 0.280. The molecule has 0 aliphatic rings. The molecule has 1 N–H and O–H groups in total. The van der Waals surface area contributed by atoms with Crippen molar-refractivity contribution < 1.29 is 35.9 Å². The molecule has 2 aromatic carbocycles. The number of rotatable bonds is 8. The number of carbonyl (C=O) groups is 2. The molecular formula is C25H20Cl3F6NO2. The predicted molar refractivity (Wildman–Crippen MR) is 132 cm³/mol. The van der Waals surface area contributed by atoms with E-state index in [4.69, 9.17) is 34.8 Å². The Balaban J connectivity index is 2.41. The van der Waals surface area contributed by atoms with Gasteiger partial charge >= 0.3 is 12.4 Å². The molecule has 0 aliphatic carbocycles. The summed E-state index contributed by atoms with van der Waals surface area (Å²) in [6.45, 7) is 3.07. The molecule has 3 nitrogen and oxygen atoms in total. The van der Waals surface area contributed by atoms with E-state index in [0.717, 1.165) is 30.3 Å². The van der Waals surface area contributed by atoms with Crippen LogP contribution in [0.15, 0.2) is 48.6 Å². The second-order valence-electron chi connectivity index (χ2n) is 8.02. The summed E-state index contributed by atoms with van der Waals surface area (Å²) in [4.78, 5) is 24.2. The van der Waals surface area contributed by atoms with Gasteiger partial charge in [0, 0.05) is 12.5 Å². The molecule has 1 amide bonds. The van der Waals surface area contributed by atoms with E-state index in [2.05, 4.69) is 5.32 Å². The third-order valence-electron chi connectivity index (χ3n) is 5.03. The lowest BCUT2D eigenvalue weighted by Gasteiger charge is -2.19. The summed E-state index contributed by atoms with van der Waals surface area (Å²) in [5.74, 6) is -3.66. The maximum atomic E-state index is 13.7. The Bertz CT molecular complexity index is 1200. The maximum absolute atomic E-state index is 13.7. The van der Waals surface area contributed by atoms with Gasteiger partial charge in [-0.25, -0.2) is 0 Å². The number of benzene rings is 2. The van der Waals surface area contributed by atoms with E-state index in [1.807, 2.05) is 0 Å². The number of ketones is 1. The van der Waals surface area contributed by atoms with Crippen LogP contribution in [0, 0.1) is 0 Å². The summed E-state index contributed by atoms with van der Waals surface area (Å²) in [6.07, 6.45) is -5.68. The van der Waals surface area contributed by atoms with Crippen LogP contribution < -0.4 is 5.32 Å².